The summed E-state index contributed by atoms with van der Waals surface area (Å²) in [6.45, 7) is 3.63. The number of ether oxygens (including phenoxy) is 1. The minimum Gasteiger partial charge on any atom is -0.480 e. The summed E-state index contributed by atoms with van der Waals surface area (Å²) in [6.07, 6.45) is 3.32. The van der Waals surface area contributed by atoms with E-state index in [1.165, 1.54) is 4.90 Å². The second-order valence-electron chi connectivity index (χ2n) is 4.40. The first-order valence-corrected chi connectivity index (χ1v) is 6.20. The van der Waals surface area contributed by atoms with Gasteiger partial charge in [0.15, 0.2) is 0 Å². The highest BCUT2D eigenvalue weighted by Crippen LogP contribution is 2.20. The van der Waals surface area contributed by atoms with Gasteiger partial charge in [0.05, 0.1) is 0 Å². The first kappa shape index (κ1) is 14.0. The van der Waals surface area contributed by atoms with Crippen LogP contribution in [0, 0.1) is 5.92 Å². The average molecular weight is 243 g/mol. The van der Waals surface area contributed by atoms with Crippen LogP contribution < -0.4 is 0 Å². The highest BCUT2D eigenvalue weighted by atomic mass is 16.5. The van der Waals surface area contributed by atoms with Gasteiger partial charge in [-0.2, -0.15) is 0 Å². The summed E-state index contributed by atoms with van der Waals surface area (Å²) in [7, 11) is 0. The molecule has 0 aromatic heterocycles. The van der Waals surface area contributed by atoms with E-state index in [9.17, 15) is 9.59 Å². The normalized spacial score (nSPS) is 16.8. The third kappa shape index (κ3) is 5.17. The highest BCUT2D eigenvalue weighted by molar-refractivity contribution is 5.81. The van der Waals surface area contributed by atoms with Gasteiger partial charge in [0, 0.05) is 26.2 Å². The topological polar surface area (TPSA) is 66.8 Å². The van der Waals surface area contributed by atoms with Gasteiger partial charge in [-0.05, 0) is 32.1 Å². The molecule has 0 aliphatic carbocycles. The predicted octanol–water partition coefficient (Wildman–Crippen LogP) is 1.13. The molecule has 1 heterocycles. The number of aliphatic carboxylic acids is 1. The maximum Gasteiger partial charge on any atom is 0.323 e. The Hall–Kier alpha value is -1.10. The molecule has 0 radical (unpaired) electrons. The molecule has 1 aliphatic rings. The fourth-order valence-corrected chi connectivity index (χ4v) is 2.06. The van der Waals surface area contributed by atoms with E-state index < -0.39 is 5.97 Å². The zero-order chi connectivity index (χ0) is 12.7. The SMILES string of the molecule is CCN(CC(=O)O)C(=O)CCC1CCOCC1. The highest BCUT2D eigenvalue weighted by Gasteiger charge is 2.18. The zero-order valence-electron chi connectivity index (χ0n) is 10.4. The van der Waals surface area contributed by atoms with Gasteiger partial charge in [-0.1, -0.05) is 0 Å². The Balaban J connectivity index is 2.28. The maximum absolute atomic E-state index is 11.8. The molecule has 5 nitrogen and oxygen atoms in total. The minimum absolute atomic E-state index is 0.0543. The molecule has 0 saturated carbocycles. The van der Waals surface area contributed by atoms with E-state index in [-0.39, 0.29) is 12.5 Å². The number of carboxylic acid groups (broad SMARTS) is 1. The van der Waals surface area contributed by atoms with Crippen molar-refractivity contribution in [1.82, 2.24) is 4.90 Å². The van der Waals surface area contributed by atoms with Gasteiger partial charge in [0.25, 0.3) is 0 Å². The Kier molecular flexibility index (Phi) is 5.97. The first-order chi connectivity index (χ1) is 8.13. The molecule has 1 rings (SSSR count). The number of nitrogens with zero attached hydrogens (tertiary/aromatic N) is 1. The van der Waals surface area contributed by atoms with Crippen LogP contribution in [0.3, 0.4) is 0 Å². The summed E-state index contributed by atoms with van der Waals surface area (Å²) in [5.41, 5.74) is 0. The largest absolute Gasteiger partial charge is 0.480 e. The van der Waals surface area contributed by atoms with E-state index in [4.69, 9.17) is 9.84 Å². The average Bonchev–Trinajstić information content (AvgIpc) is 2.34. The van der Waals surface area contributed by atoms with Crippen molar-refractivity contribution in [1.29, 1.82) is 0 Å². The lowest BCUT2D eigenvalue weighted by molar-refractivity contribution is -0.144. The third-order valence-corrected chi connectivity index (χ3v) is 3.17. The van der Waals surface area contributed by atoms with Crippen LogP contribution in [0.1, 0.15) is 32.6 Å². The Labute approximate surface area is 102 Å². The van der Waals surface area contributed by atoms with E-state index in [1.54, 1.807) is 6.92 Å². The van der Waals surface area contributed by atoms with Crippen molar-refractivity contribution >= 4 is 11.9 Å². The van der Waals surface area contributed by atoms with Gasteiger partial charge in [0.1, 0.15) is 6.54 Å². The Bertz CT molecular complexity index is 261. The van der Waals surface area contributed by atoms with Gasteiger partial charge in [-0.25, -0.2) is 0 Å². The second-order valence-corrected chi connectivity index (χ2v) is 4.40. The first-order valence-electron chi connectivity index (χ1n) is 6.20. The molecule has 5 heteroatoms. The predicted molar refractivity (Wildman–Crippen MR) is 62.7 cm³/mol. The number of carbonyl (C=O) groups is 2. The molecular weight excluding hydrogens is 222 g/mol. The van der Waals surface area contributed by atoms with Gasteiger partial charge < -0.3 is 14.7 Å². The fraction of sp³-hybridized carbons (Fsp3) is 0.833. The molecule has 0 aromatic carbocycles. The molecule has 1 amide bonds. The molecule has 17 heavy (non-hydrogen) atoms. The number of hydrogen-bond donors (Lipinski definition) is 1. The lowest BCUT2D eigenvalue weighted by Gasteiger charge is -2.23. The molecule has 1 saturated heterocycles. The Morgan fingerprint density at radius 1 is 1.35 bits per heavy atom. The van der Waals surface area contributed by atoms with Gasteiger partial charge in [0.2, 0.25) is 5.91 Å². The summed E-state index contributed by atoms with van der Waals surface area (Å²) in [4.78, 5) is 23.7. The van der Waals surface area contributed by atoms with Crippen molar-refractivity contribution < 1.29 is 19.4 Å². The standard InChI is InChI=1S/C12H21NO4/c1-2-13(9-12(15)16)11(14)4-3-10-5-7-17-8-6-10/h10H,2-9H2,1H3,(H,15,16). The number of carboxylic acids is 1. The van der Waals surface area contributed by atoms with Gasteiger partial charge in [-0.3, -0.25) is 9.59 Å². The zero-order valence-corrected chi connectivity index (χ0v) is 10.4. The Morgan fingerprint density at radius 2 is 2.00 bits per heavy atom. The van der Waals surface area contributed by atoms with E-state index in [0.29, 0.717) is 18.9 Å². The van der Waals surface area contributed by atoms with E-state index in [2.05, 4.69) is 0 Å². The molecule has 1 N–H and O–H groups in total. The number of amides is 1. The number of carbonyl (C=O) groups excluding carboxylic acids is 1. The van der Waals surface area contributed by atoms with Crippen LogP contribution in [-0.2, 0) is 14.3 Å². The van der Waals surface area contributed by atoms with E-state index >= 15 is 0 Å². The smallest absolute Gasteiger partial charge is 0.323 e. The molecule has 0 atom stereocenters. The quantitative estimate of drug-likeness (QED) is 0.759. The van der Waals surface area contributed by atoms with Crippen LogP contribution in [0.2, 0.25) is 0 Å². The van der Waals surface area contributed by atoms with Crippen LogP contribution in [0.5, 0.6) is 0 Å². The van der Waals surface area contributed by atoms with Crippen LogP contribution in [0.25, 0.3) is 0 Å². The van der Waals surface area contributed by atoms with Crippen LogP contribution >= 0.6 is 0 Å². The van der Waals surface area contributed by atoms with Crippen LogP contribution in [0.15, 0.2) is 0 Å². The monoisotopic (exact) mass is 243 g/mol. The van der Waals surface area contributed by atoms with Crippen molar-refractivity contribution in [3.63, 3.8) is 0 Å². The third-order valence-electron chi connectivity index (χ3n) is 3.17. The molecule has 1 aliphatic heterocycles. The fourth-order valence-electron chi connectivity index (χ4n) is 2.06. The van der Waals surface area contributed by atoms with Crippen LogP contribution in [0.4, 0.5) is 0 Å². The van der Waals surface area contributed by atoms with Crippen molar-refractivity contribution in [3.8, 4) is 0 Å². The maximum atomic E-state index is 11.8. The summed E-state index contributed by atoms with van der Waals surface area (Å²) >= 11 is 0. The van der Waals surface area contributed by atoms with Crippen molar-refractivity contribution in [3.05, 3.63) is 0 Å². The van der Waals surface area contributed by atoms with Crippen LogP contribution in [-0.4, -0.2) is 48.2 Å². The molecule has 0 bridgehead atoms. The second kappa shape index (κ2) is 7.27. The van der Waals surface area contributed by atoms with Crippen molar-refractivity contribution in [2.75, 3.05) is 26.3 Å². The van der Waals surface area contributed by atoms with E-state index in [1.807, 2.05) is 0 Å². The Morgan fingerprint density at radius 3 is 2.53 bits per heavy atom. The molecule has 0 unspecified atom stereocenters. The summed E-state index contributed by atoms with van der Waals surface area (Å²) in [5.74, 6) is -0.455. The lowest BCUT2D eigenvalue weighted by Crippen LogP contribution is -2.35. The number of likely N-dealkylation sites (N-methyl/N-ethyl adjacent to an activating group) is 1. The summed E-state index contributed by atoms with van der Waals surface area (Å²) < 4.78 is 5.25. The number of rotatable bonds is 6. The molecule has 1 fully saturated rings. The molecule has 98 valence electrons. The van der Waals surface area contributed by atoms with E-state index in [0.717, 1.165) is 32.5 Å². The van der Waals surface area contributed by atoms with Crippen molar-refractivity contribution in [2.24, 2.45) is 5.92 Å². The van der Waals surface area contributed by atoms with Crippen molar-refractivity contribution in [2.45, 2.75) is 32.6 Å². The molecule has 0 spiro atoms. The minimum atomic E-state index is -0.953. The summed E-state index contributed by atoms with van der Waals surface area (Å²) in [5, 5.41) is 8.67. The lowest BCUT2D eigenvalue weighted by atomic mass is 9.95. The summed E-state index contributed by atoms with van der Waals surface area (Å²) in [6, 6.07) is 0. The van der Waals surface area contributed by atoms with Gasteiger partial charge >= 0.3 is 5.97 Å². The van der Waals surface area contributed by atoms with Gasteiger partial charge in [-0.15, -0.1) is 0 Å². The molecule has 0 aromatic rings. The molecular formula is C12H21NO4. The number of hydrogen-bond acceptors (Lipinski definition) is 3.